The number of carbonyl (C=O) groups excluding carboxylic acids is 1. The zero-order valence-electron chi connectivity index (χ0n) is 12.4. The van der Waals surface area contributed by atoms with Gasteiger partial charge in [-0.15, -0.1) is 11.8 Å². The monoisotopic (exact) mass is 325 g/mol. The van der Waals surface area contributed by atoms with E-state index in [-0.39, 0.29) is 5.91 Å². The van der Waals surface area contributed by atoms with Crippen molar-refractivity contribution in [3.63, 3.8) is 0 Å². The highest BCUT2D eigenvalue weighted by Crippen LogP contribution is 2.39. The maximum absolute atomic E-state index is 11.9. The Morgan fingerprint density at radius 1 is 1.38 bits per heavy atom. The number of para-hydroxylation sites is 2. The number of amides is 1. The molecule has 1 unspecified atom stereocenters. The van der Waals surface area contributed by atoms with Gasteiger partial charge in [0.2, 0.25) is 5.91 Å². The molecule has 1 saturated heterocycles. The molecule has 4 nitrogen and oxygen atoms in total. The first-order valence-corrected chi connectivity index (χ1v) is 8.09. The molecule has 0 saturated carbocycles. The quantitative estimate of drug-likeness (QED) is 0.778. The van der Waals surface area contributed by atoms with Crippen LogP contribution in [0.2, 0.25) is 0 Å². The average molecular weight is 325 g/mol. The number of nitrogens with zero attached hydrogens (tertiary/aromatic N) is 1. The molecule has 1 amide bonds. The standard InChI is InChI=1S/C15H19NO3S2/c1-11(20)15(16(12(2)17)8-9-21-15)10-19-14-7-5-4-6-13(14)18-3/h4-7H,8-10H2,1-3H3. The molecule has 1 atom stereocenters. The van der Waals surface area contributed by atoms with Gasteiger partial charge in [-0.1, -0.05) is 24.4 Å². The van der Waals surface area contributed by atoms with E-state index in [4.69, 9.17) is 21.7 Å². The summed E-state index contributed by atoms with van der Waals surface area (Å²) in [6.07, 6.45) is 0. The minimum absolute atomic E-state index is 0.0211. The summed E-state index contributed by atoms with van der Waals surface area (Å²) in [7, 11) is 1.61. The van der Waals surface area contributed by atoms with Crippen LogP contribution in [0.15, 0.2) is 24.3 Å². The molecule has 0 aromatic heterocycles. The van der Waals surface area contributed by atoms with E-state index in [0.717, 1.165) is 10.6 Å². The lowest BCUT2D eigenvalue weighted by Gasteiger charge is -2.36. The van der Waals surface area contributed by atoms with Crippen LogP contribution >= 0.6 is 24.0 Å². The van der Waals surface area contributed by atoms with Crippen molar-refractivity contribution < 1.29 is 14.3 Å². The molecule has 0 spiro atoms. The molecule has 0 bridgehead atoms. The predicted molar refractivity (Wildman–Crippen MR) is 89.3 cm³/mol. The lowest BCUT2D eigenvalue weighted by atomic mass is 10.2. The van der Waals surface area contributed by atoms with Gasteiger partial charge < -0.3 is 14.4 Å². The van der Waals surface area contributed by atoms with Crippen molar-refractivity contribution >= 4 is 34.8 Å². The average Bonchev–Trinajstić information content (AvgIpc) is 2.91. The highest BCUT2D eigenvalue weighted by Gasteiger charge is 2.46. The molecule has 2 rings (SSSR count). The minimum Gasteiger partial charge on any atom is -0.493 e. The molecule has 6 heteroatoms. The molecule has 21 heavy (non-hydrogen) atoms. The van der Waals surface area contributed by atoms with Gasteiger partial charge >= 0.3 is 0 Å². The summed E-state index contributed by atoms with van der Waals surface area (Å²) >= 11 is 7.08. The molecule has 1 fully saturated rings. The Kier molecular flexibility index (Phi) is 5.11. The van der Waals surface area contributed by atoms with Crippen LogP contribution in [-0.4, -0.2) is 46.6 Å². The van der Waals surface area contributed by atoms with E-state index in [2.05, 4.69) is 0 Å². The molecule has 1 aliphatic rings. The maximum atomic E-state index is 11.9. The third kappa shape index (κ3) is 3.16. The second kappa shape index (κ2) is 6.66. The van der Waals surface area contributed by atoms with Gasteiger partial charge in [0.05, 0.1) is 7.11 Å². The first kappa shape index (κ1) is 16.1. The molecule has 0 aliphatic carbocycles. The van der Waals surface area contributed by atoms with Crippen molar-refractivity contribution in [2.45, 2.75) is 18.7 Å². The van der Waals surface area contributed by atoms with Crippen molar-refractivity contribution in [3.05, 3.63) is 24.3 Å². The van der Waals surface area contributed by atoms with Crippen LogP contribution < -0.4 is 9.47 Å². The predicted octanol–water partition coefficient (Wildman–Crippen LogP) is 2.76. The van der Waals surface area contributed by atoms with Gasteiger partial charge in [-0.3, -0.25) is 4.79 Å². The van der Waals surface area contributed by atoms with Crippen LogP contribution in [0.3, 0.4) is 0 Å². The van der Waals surface area contributed by atoms with Gasteiger partial charge in [0.1, 0.15) is 6.61 Å². The third-order valence-electron chi connectivity index (χ3n) is 3.51. The molecule has 1 aromatic rings. The van der Waals surface area contributed by atoms with Crippen molar-refractivity contribution in [3.8, 4) is 11.5 Å². The second-order valence-electron chi connectivity index (χ2n) is 4.80. The van der Waals surface area contributed by atoms with Crippen molar-refractivity contribution in [1.29, 1.82) is 0 Å². The number of carbonyl (C=O) groups is 1. The molecule has 1 heterocycles. The number of hydrogen-bond acceptors (Lipinski definition) is 5. The molecular weight excluding hydrogens is 306 g/mol. The third-order valence-corrected chi connectivity index (χ3v) is 5.49. The summed E-state index contributed by atoms with van der Waals surface area (Å²) in [5.74, 6) is 2.22. The maximum Gasteiger partial charge on any atom is 0.220 e. The van der Waals surface area contributed by atoms with Gasteiger partial charge in [-0.25, -0.2) is 0 Å². The number of methoxy groups -OCH3 is 1. The molecule has 114 valence electrons. The van der Waals surface area contributed by atoms with Gasteiger partial charge in [0, 0.05) is 24.1 Å². The zero-order chi connectivity index (χ0) is 15.5. The smallest absolute Gasteiger partial charge is 0.220 e. The fourth-order valence-electron chi connectivity index (χ4n) is 2.40. The largest absolute Gasteiger partial charge is 0.493 e. The summed E-state index contributed by atoms with van der Waals surface area (Å²) in [4.78, 5) is 13.9. The number of rotatable bonds is 5. The molecule has 0 radical (unpaired) electrons. The Balaban J connectivity index is 2.21. The summed E-state index contributed by atoms with van der Waals surface area (Å²) in [5, 5.41) is 0. The SMILES string of the molecule is COc1ccccc1OCC1(C(C)=S)SCCN1C(C)=O. The van der Waals surface area contributed by atoms with E-state index in [1.54, 1.807) is 30.7 Å². The molecule has 0 N–H and O–H groups in total. The Morgan fingerprint density at radius 3 is 2.62 bits per heavy atom. The van der Waals surface area contributed by atoms with E-state index in [0.29, 0.717) is 24.7 Å². The lowest BCUT2D eigenvalue weighted by molar-refractivity contribution is -0.130. The van der Waals surface area contributed by atoms with Crippen molar-refractivity contribution in [2.24, 2.45) is 0 Å². The summed E-state index contributed by atoms with van der Waals surface area (Å²) in [5.41, 5.74) is 0. The van der Waals surface area contributed by atoms with E-state index in [1.807, 2.05) is 31.2 Å². The zero-order valence-corrected chi connectivity index (χ0v) is 14.1. The molecular formula is C15H19NO3S2. The fraction of sp³-hybridized carbons (Fsp3) is 0.467. The van der Waals surface area contributed by atoms with Crippen LogP contribution in [0.1, 0.15) is 13.8 Å². The molecule has 1 aliphatic heterocycles. The van der Waals surface area contributed by atoms with E-state index < -0.39 is 4.87 Å². The van der Waals surface area contributed by atoms with Crippen molar-refractivity contribution in [1.82, 2.24) is 4.90 Å². The normalized spacial score (nSPS) is 21.2. The number of hydrogen-bond donors (Lipinski definition) is 0. The first-order chi connectivity index (χ1) is 10.0. The van der Waals surface area contributed by atoms with Crippen LogP contribution in [0.5, 0.6) is 11.5 Å². The van der Waals surface area contributed by atoms with Gasteiger partial charge in [-0.2, -0.15) is 0 Å². The number of ether oxygens (including phenoxy) is 2. The van der Waals surface area contributed by atoms with Gasteiger partial charge in [0.15, 0.2) is 16.4 Å². The number of thiocarbonyl (C=S) groups is 1. The Bertz CT molecular complexity index is 549. The van der Waals surface area contributed by atoms with Crippen LogP contribution in [0.4, 0.5) is 0 Å². The Morgan fingerprint density at radius 2 is 2.05 bits per heavy atom. The van der Waals surface area contributed by atoms with Gasteiger partial charge in [0.25, 0.3) is 0 Å². The van der Waals surface area contributed by atoms with Crippen LogP contribution in [0.25, 0.3) is 0 Å². The van der Waals surface area contributed by atoms with Crippen LogP contribution in [0, 0.1) is 0 Å². The van der Waals surface area contributed by atoms with E-state index in [1.165, 1.54) is 0 Å². The van der Waals surface area contributed by atoms with Crippen molar-refractivity contribution in [2.75, 3.05) is 26.0 Å². The Labute approximate surface area is 134 Å². The lowest BCUT2D eigenvalue weighted by Crippen LogP contribution is -2.53. The minimum atomic E-state index is -0.567. The fourth-order valence-corrected chi connectivity index (χ4v) is 4.08. The highest BCUT2D eigenvalue weighted by molar-refractivity contribution is 8.02. The summed E-state index contributed by atoms with van der Waals surface area (Å²) in [6, 6.07) is 7.47. The number of benzene rings is 1. The van der Waals surface area contributed by atoms with Crippen LogP contribution in [-0.2, 0) is 4.79 Å². The highest BCUT2D eigenvalue weighted by atomic mass is 32.2. The topological polar surface area (TPSA) is 38.8 Å². The Hall–Kier alpha value is -1.27. The van der Waals surface area contributed by atoms with E-state index in [9.17, 15) is 4.79 Å². The van der Waals surface area contributed by atoms with E-state index >= 15 is 0 Å². The van der Waals surface area contributed by atoms with Gasteiger partial charge in [-0.05, 0) is 19.1 Å². The second-order valence-corrected chi connectivity index (χ2v) is 6.78. The number of thioether (sulfide) groups is 1. The summed E-state index contributed by atoms with van der Waals surface area (Å²) in [6.45, 7) is 4.47. The molecule has 1 aromatic carbocycles. The first-order valence-electron chi connectivity index (χ1n) is 6.70. The summed E-state index contributed by atoms with van der Waals surface area (Å²) < 4.78 is 11.2.